The lowest BCUT2D eigenvalue weighted by Crippen LogP contribution is -2.27. The molecule has 0 aliphatic carbocycles. The molecule has 1 N–H and O–H groups in total. The van der Waals surface area contributed by atoms with E-state index in [0.717, 1.165) is 18.4 Å². The number of aromatic nitrogens is 2. The molecule has 0 radical (unpaired) electrons. The normalized spacial score (nSPS) is 14.0. The lowest BCUT2D eigenvalue weighted by Gasteiger charge is -2.17. The summed E-state index contributed by atoms with van der Waals surface area (Å²) in [5.74, 6) is 0.528. The quantitative estimate of drug-likeness (QED) is 0.945. The number of halogens is 1. The highest BCUT2D eigenvalue weighted by atomic mass is 35.5. The SMILES string of the molecule is CCc1cc(Cl)cc(OC)c1-c1c(O)n2n(c1=O)CCCC2. The maximum absolute atomic E-state index is 12.7. The van der Waals surface area contributed by atoms with Gasteiger partial charge in [0, 0.05) is 23.7 Å². The van der Waals surface area contributed by atoms with Crippen LogP contribution >= 0.6 is 11.6 Å². The van der Waals surface area contributed by atoms with Crippen molar-refractivity contribution in [1.29, 1.82) is 0 Å². The third kappa shape index (κ3) is 2.20. The van der Waals surface area contributed by atoms with Crippen molar-refractivity contribution < 1.29 is 9.84 Å². The molecule has 0 saturated carbocycles. The molecule has 0 saturated heterocycles. The molecule has 1 aromatic carbocycles. The Morgan fingerprint density at radius 2 is 1.91 bits per heavy atom. The Morgan fingerprint density at radius 1 is 1.23 bits per heavy atom. The van der Waals surface area contributed by atoms with Gasteiger partial charge in [0.05, 0.1) is 7.11 Å². The molecule has 1 aromatic heterocycles. The molecular weight excluding hydrogens is 304 g/mol. The summed E-state index contributed by atoms with van der Waals surface area (Å²) in [6.07, 6.45) is 2.59. The van der Waals surface area contributed by atoms with Crippen LogP contribution in [0.5, 0.6) is 11.6 Å². The van der Waals surface area contributed by atoms with Gasteiger partial charge in [0.2, 0.25) is 5.88 Å². The second-order valence-electron chi connectivity index (χ2n) is 5.45. The minimum absolute atomic E-state index is 0.0139. The van der Waals surface area contributed by atoms with Gasteiger partial charge in [-0.3, -0.25) is 9.48 Å². The molecule has 0 atom stereocenters. The first-order chi connectivity index (χ1) is 10.6. The highest BCUT2D eigenvalue weighted by Gasteiger charge is 2.26. The van der Waals surface area contributed by atoms with Crippen molar-refractivity contribution in [3.63, 3.8) is 0 Å². The van der Waals surface area contributed by atoms with Gasteiger partial charge in [-0.05, 0) is 37.0 Å². The van der Waals surface area contributed by atoms with Gasteiger partial charge in [-0.25, -0.2) is 4.68 Å². The van der Waals surface area contributed by atoms with Gasteiger partial charge in [-0.15, -0.1) is 0 Å². The van der Waals surface area contributed by atoms with E-state index in [0.29, 0.717) is 41.4 Å². The number of aromatic hydroxyl groups is 1. The van der Waals surface area contributed by atoms with Crippen molar-refractivity contribution in [3.8, 4) is 22.8 Å². The summed E-state index contributed by atoms with van der Waals surface area (Å²) in [4.78, 5) is 12.7. The number of rotatable bonds is 3. The van der Waals surface area contributed by atoms with Crippen molar-refractivity contribution in [3.05, 3.63) is 33.1 Å². The van der Waals surface area contributed by atoms with E-state index < -0.39 is 0 Å². The molecule has 3 rings (SSSR count). The summed E-state index contributed by atoms with van der Waals surface area (Å²) in [6.45, 7) is 3.27. The number of hydrogen-bond acceptors (Lipinski definition) is 3. The zero-order chi connectivity index (χ0) is 15.9. The van der Waals surface area contributed by atoms with E-state index in [9.17, 15) is 9.90 Å². The van der Waals surface area contributed by atoms with Crippen molar-refractivity contribution in [2.45, 2.75) is 39.3 Å². The minimum atomic E-state index is -0.174. The molecule has 22 heavy (non-hydrogen) atoms. The average molecular weight is 323 g/mol. The van der Waals surface area contributed by atoms with Gasteiger partial charge in [0.1, 0.15) is 11.3 Å². The van der Waals surface area contributed by atoms with Crippen LogP contribution in [0.2, 0.25) is 5.02 Å². The van der Waals surface area contributed by atoms with Crippen LogP contribution in [0.1, 0.15) is 25.3 Å². The Bertz CT molecular complexity index is 751. The van der Waals surface area contributed by atoms with Crippen LogP contribution in [-0.4, -0.2) is 21.6 Å². The van der Waals surface area contributed by atoms with Crippen LogP contribution in [-0.2, 0) is 19.5 Å². The number of benzene rings is 1. The molecule has 0 spiro atoms. The molecule has 5 nitrogen and oxygen atoms in total. The second kappa shape index (κ2) is 5.72. The number of methoxy groups -OCH3 is 1. The van der Waals surface area contributed by atoms with E-state index in [1.807, 2.05) is 13.0 Å². The van der Waals surface area contributed by atoms with Crippen molar-refractivity contribution in [2.24, 2.45) is 0 Å². The van der Waals surface area contributed by atoms with E-state index in [2.05, 4.69) is 0 Å². The van der Waals surface area contributed by atoms with Gasteiger partial charge in [-0.2, -0.15) is 0 Å². The third-order valence-corrected chi connectivity index (χ3v) is 4.42. The summed E-state index contributed by atoms with van der Waals surface area (Å²) in [5.41, 5.74) is 1.67. The molecule has 1 aliphatic rings. The smallest absolute Gasteiger partial charge is 0.278 e. The molecule has 0 bridgehead atoms. The zero-order valence-corrected chi connectivity index (χ0v) is 13.5. The van der Waals surface area contributed by atoms with Crippen LogP contribution in [0, 0.1) is 0 Å². The lowest BCUT2D eigenvalue weighted by molar-refractivity contribution is 0.305. The fourth-order valence-electron chi connectivity index (χ4n) is 3.13. The first-order valence-corrected chi connectivity index (χ1v) is 7.85. The standard InChI is InChI=1S/C16H19ClN2O3/c1-3-10-8-11(17)9-12(22-2)13(10)14-15(20)18-6-4-5-7-19(18)16(14)21/h8-9,20H,3-7H2,1-2H3. The monoisotopic (exact) mass is 322 g/mol. The van der Waals surface area contributed by atoms with Crippen molar-refractivity contribution >= 4 is 11.6 Å². The highest BCUT2D eigenvalue weighted by molar-refractivity contribution is 6.31. The molecule has 0 amide bonds. The Hall–Kier alpha value is -1.88. The first kappa shape index (κ1) is 15.0. The van der Waals surface area contributed by atoms with E-state index in [1.54, 1.807) is 22.5 Å². The number of ether oxygens (including phenoxy) is 1. The maximum atomic E-state index is 12.7. The van der Waals surface area contributed by atoms with Crippen LogP contribution in [0.25, 0.3) is 11.1 Å². The van der Waals surface area contributed by atoms with E-state index >= 15 is 0 Å². The van der Waals surface area contributed by atoms with E-state index in [-0.39, 0.29) is 11.4 Å². The molecule has 2 heterocycles. The second-order valence-corrected chi connectivity index (χ2v) is 5.89. The molecule has 2 aromatic rings. The Morgan fingerprint density at radius 3 is 2.50 bits per heavy atom. The number of aryl methyl sites for hydroxylation is 1. The van der Waals surface area contributed by atoms with Crippen molar-refractivity contribution in [2.75, 3.05) is 7.11 Å². The van der Waals surface area contributed by atoms with Gasteiger partial charge in [0.25, 0.3) is 5.56 Å². The Labute approximate surface area is 133 Å². The number of hydrogen-bond donors (Lipinski definition) is 1. The highest BCUT2D eigenvalue weighted by Crippen LogP contribution is 2.39. The summed E-state index contributed by atoms with van der Waals surface area (Å²) >= 11 is 6.12. The summed E-state index contributed by atoms with van der Waals surface area (Å²) in [6, 6.07) is 3.50. The fourth-order valence-corrected chi connectivity index (χ4v) is 3.36. The molecule has 0 unspecified atom stereocenters. The molecule has 6 heteroatoms. The summed E-state index contributed by atoms with van der Waals surface area (Å²) < 4.78 is 8.69. The third-order valence-electron chi connectivity index (χ3n) is 4.20. The Kier molecular flexibility index (Phi) is 3.91. The summed E-state index contributed by atoms with van der Waals surface area (Å²) in [5, 5.41) is 11.1. The van der Waals surface area contributed by atoms with Crippen LogP contribution in [0.15, 0.2) is 16.9 Å². The van der Waals surface area contributed by atoms with Crippen molar-refractivity contribution in [1.82, 2.24) is 9.36 Å². The van der Waals surface area contributed by atoms with Gasteiger partial charge >= 0.3 is 0 Å². The lowest BCUT2D eigenvalue weighted by atomic mass is 9.98. The maximum Gasteiger partial charge on any atom is 0.278 e. The molecule has 0 fully saturated rings. The van der Waals surface area contributed by atoms with Crippen LogP contribution in [0.4, 0.5) is 0 Å². The number of fused-ring (bicyclic) bond motifs is 1. The zero-order valence-electron chi connectivity index (χ0n) is 12.7. The largest absolute Gasteiger partial charge is 0.496 e. The summed E-state index contributed by atoms with van der Waals surface area (Å²) in [7, 11) is 1.54. The molecule has 118 valence electrons. The topological polar surface area (TPSA) is 56.4 Å². The predicted octanol–water partition coefficient (Wildman–Crippen LogP) is 3.04. The van der Waals surface area contributed by atoms with Gasteiger partial charge in [-0.1, -0.05) is 18.5 Å². The van der Waals surface area contributed by atoms with Crippen LogP contribution < -0.4 is 10.3 Å². The predicted molar refractivity (Wildman–Crippen MR) is 86.0 cm³/mol. The average Bonchev–Trinajstić information content (AvgIpc) is 2.78. The number of nitrogens with zero attached hydrogens (tertiary/aromatic N) is 2. The van der Waals surface area contributed by atoms with E-state index in [1.165, 1.54) is 0 Å². The minimum Gasteiger partial charge on any atom is -0.496 e. The Balaban J connectivity index is 2.33. The molecule has 1 aliphatic heterocycles. The van der Waals surface area contributed by atoms with Gasteiger partial charge < -0.3 is 9.84 Å². The van der Waals surface area contributed by atoms with E-state index in [4.69, 9.17) is 16.3 Å². The molecular formula is C16H19ClN2O3. The first-order valence-electron chi connectivity index (χ1n) is 7.47. The van der Waals surface area contributed by atoms with Gasteiger partial charge in [0.15, 0.2) is 0 Å². The van der Waals surface area contributed by atoms with Crippen LogP contribution in [0.3, 0.4) is 0 Å². The fraction of sp³-hybridized carbons (Fsp3) is 0.438.